The van der Waals surface area contributed by atoms with Crippen LogP contribution >= 0.6 is 0 Å². The van der Waals surface area contributed by atoms with E-state index < -0.39 is 53.2 Å². The number of hydrogen-bond acceptors (Lipinski definition) is 7. The lowest BCUT2D eigenvalue weighted by Crippen LogP contribution is -2.62. The van der Waals surface area contributed by atoms with Crippen molar-refractivity contribution in [3.63, 3.8) is 0 Å². The van der Waals surface area contributed by atoms with Crippen molar-refractivity contribution in [3.05, 3.63) is 23.5 Å². The molecule has 0 amide bonds. The number of rotatable bonds is 9. The van der Waals surface area contributed by atoms with Gasteiger partial charge in [0.05, 0.1) is 0 Å². The van der Waals surface area contributed by atoms with Gasteiger partial charge in [0.15, 0.2) is 0 Å². The predicted octanol–water partition coefficient (Wildman–Crippen LogP) is 2.78. The molecule has 0 unspecified atom stereocenters. The zero-order chi connectivity index (χ0) is 24.6. The van der Waals surface area contributed by atoms with Crippen LogP contribution in [0, 0.1) is 5.92 Å². The van der Waals surface area contributed by atoms with Gasteiger partial charge >= 0.3 is 26.5 Å². The Labute approximate surface area is 182 Å². The van der Waals surface area contributed by atoms with Crippen LogP contribution in [-0.2, 0) is 35.2 Å². The monoisotopic (exact) mass is 535 g/mol. The highest BCUT2D eigenvalue weighted by Crippen LogP contribution is 2.51. The van der Waals surface area contributed by atoms with E-state index in [2.05, 4.69) is 4.18 Å². The van der Waals surface area contributed by atoms with Gasteiger partial charge in [0.25, 0.3) is 10.0 Å². The molecule has 0 heterocycles. The van der Waals surface area contributed by atoms with Crippen LogP contribution < -0.4 is 4.13 Å². The molecule has 186 valence electrons. The molecule has 17 heteroatoms. The van der Waals surface area contributed by atoms with Crippen molar-refractivity contribution in [3.8, 4) is 0 Å². The molecule has 0 aromatic heterocycles. The Morgan fingerprint density at radius 3 is 1.91 bits per heavy atom. The Bertz CT molecular complexity index is 1070. The first-order chi connectivity index (χ1) is 14.5. The maximum atomic E-state index is 14.0. The molecule has 1 saturated carbocycles. The zero-order valence-corrected chi connectivity index (χ0v) is 18.6. The van der Waals surface area contributed by atoms with Crippen molar-refractivity contribution in [2.24, 2.45) is 5.92 Å². The average Bonchev–Trinajstić information content (AvgIpc) is 2.67. The molecule has 1 N–H and O–H groups in total. The van der Waals surface area contributed by atoms with Crippen LogP contribution in [-0.4, -0.2) is 41.7 Å². The lowest BCUT2D eigenvalue weighted by molar-refractivity contribution is -0.246. The lowest BCUT2D eigenvalue weighted by Gasteiger charge is -2.31. The fraction of sp³-hybridized carbons (Fsp3) is 0.733. The number of allylic oxidation sites excluding steroid dienone is 4. The fourth-order valence-corrected chi connectivity index (χ4v) is 6.10. The molecule has 1 fully saturated rings. The summed E-state index contributed by atoms with van der Waals surface area (Å²) < 4.78 is 154. The van der Waals surface area contributed by atoms with Crippen LogP contribution in [0.15, 0.2) is 23.5 Å². The SMILES string of the molecule is O=[SH](=O)NS(=O)(=O)C(F)(F)C(F)(F)C(F)(F)S(=O)(=O)OC1=CC=C(C2CCCCC2)CC1. The number of sulfonamides is 1. The molecule has 32 heavy (non-hydrogen) atoms. The molecule has 2 rings (SSSR count). The summed E-state index contributed by atoms with van der Waals surface area (Å²) in [5, 5.41) is -13.6. The van der Waals surface area contributed by atoms with E-state index in [9.17, 15) is 51.6 Å². The molecule has 0 saturated heterocycles. The van der Waals surface area contributed by atoms with Gasteiger partial charge in [-0.3, -0.25) is 0 Å². The van der Waals surface area contributed by atoms with Crippen LogP contribution in [0.25, 0.3) is 0 Å². The maximum Gasteiger partial charge on any atom is 0.450 e. The third-order valence-corrected chi connectivity index (χ3v) is 8.87. The van der Waals surface area contributed by atoms with Gasteiger partial charge in [-0.15, -0.1) is 4.13 Å². The average molecular weight is 536 g/mol. The molecule has 0 bridgehead atoms. The number of thiol groups is 1. The molecular formula is C15H19F6NO7S3. The van der Waals surface area contributed by atoms with Gasteiger partial charge in [0.2, 0.25) is 10.9 Å². The molecule has 0 aromatic rings. The van der Waals surface area contributed by atoms with Crippen molar-refractivity contribution >= 4 is 31.0 Å². The Hall–Kier alpha value is -1.33. The quantitative estimate of drug-likeness (QED) is 0.264. The molecule has 0 spiro atoms. The van der Waals surface area contributed by atoms with Crippen molar-refractivity contribution < 1.29 is 55.8 Å². The minimum absolute atomic E-state index is 0.0142. The van der Waals surface area contributed by atoms with Gasteiger partial charge < -0.3 is 4.18 Å². The zero-order valence-electron chi connectivity index (χ0n) is 16.1. The number of alkyl halides is 6. The second-order valence-corrected chi connectivity index (χ2v) is 11.6. The molecule has 0 aliphatic heterocycles. The van der Waals surface area contributed by atoms with E-state index in [-0.39, 0.29) is 22.9 Å². The van der Waals surface area contributed by atoms with Crippen LogP contribution in [0.5, 0.6) is 0 Å². The van der Waals surface area contributed by atoms with Gasteiger partial charge in [0.1, 0.15) is 5.76 Å². The van der Waals surface area contributed by atoms with Gasteiger partial charge in [0, 0.05) is 6.42 Å². The van der Waals surface area contributed by atoms with E-state index in [1.54, 1.807) is 0 Å². The lowest BCUT2D eigenvalue weighted by atomic mass is 9.81. The van der Waals surface area contributed by atoms with Crippen LogP contribution in [0.1, 0.15) is 44.9 Å². The first kappa shape index (κ1) is 26.9. The molecule has 8 nitrogen and oxygen atoms in total. The summed E-state index contributed by atoms with van der Waals surface area (Å²) in [6.45, 7) is 0. The topological polar surface area (TPSA) is 124 Å². The predicted molar refractivity (Wildman–Crippen MR) is 99.2 cm³/mol. The Balaban J connectivity index is 2.30. The third-order valence-electron chi connectivity index (χ3n) is 5.07. The largest absolute Gasteiger partial charge is 0.450 e. The second kappa shape index (κ2) is 9.13. The van der Waals surface area contributed by atoms with E-state index in [1.807, 2.05) is 0 Å². The second-order valence-electron chi connectivity index (χ2n) is 7.21. The number of hydrogen-bond donors (Lipinski definition) is 2. The summed E-state index contributed by atoms with van der Waals surface area (Å²) in [7, 11) is -18.3. The minimum Gasteiger partial charge on any atom is -0.383 e. The summed E-state index contributed by atoms with van der Waals surface area (Å²) >= 11 is 0. The molecule has 2 aliphatic rings. The van der Waals surface area contributed by atoms with Crippen molar-refractivity contribution in [2.75, 3.05) is 0 Å². The normalized spacial score (nSPS) is 20.1. The molecule has 0 atom stereocenters. The molecule has 0 aromatic carbocycles. The molecular weight excluding hydrogens is 516 g/mol. The number of halogens is 6. The van der Waals surface area contributed by atoms with E-state index in [4.69, 9.17) is 0 Å². The summed E-state index contributed by atoms with van der Waals surface area (Å²) in [6.07, 6.45) is 6.92. The van der Waals surface area contributed by atoms with Gasteiger partial charge in [-0.25, -0.2) is 16.8 Å². The Morgan fingerprint density at radius 1 is 0.875 bits per heavy atom. The fourth-order valence-electron chi connectivity index (χ4n) is 3.36. The first-order valence-corrected chi connectivity index (χ1v) is 13.2. The smallest absolute Gasteiger partial charge is 0.383 e. The highest BCUT2D eigenvalue weighted by molar-refractivity contribution is 7.99. The van der Waals surface area contributed by atoms with Crippen LogP contribution in [0.2, 0.25) is 0 Å². The van der Waals surface area contributed by atoms with Crippen LogP contribution in [0.4, 0.5) is 26.3 Å². The molecule has 2 aliphatic carbocycles. The maximum absolute atomic E-state index is 14.0. The Morgan fingerprint density at radius 2 is 1.44 bits per heavy atom. The van der Waals surface area contributed by atoms with Crippen molar-refractivity contribution in [1.82, 2.24) is 4.13 Å². The third kappa shape index (κ3) is 4.94. The molecule has 0 radical (unpaired) electrons. The van der Waals surface area contributed by atoms with E-state index in [1.165, 1.54) is 6.08 Å². The summed E-state index contributed by atoms with van der Waals surface area (Å²) in [4.78, 5) is 0. The van der Waals surface area contributed by atoms with E-state index >= 15 is 0 Å². The first-order valence-electron chi connectivity index (χ1n) is 9.10. The standard InChI is InChI=1S/C15H19F6NO7S3/c16-13(17,14(18,19)31(25,26)22-30(23)24)15(20,21)32(27,28)29-12-8-6-11(7-9-12)10-4-2-1-3-5-10/h6,8,10,30H,1-5,7,9H2,(H,22,23,24). The summed E-state index contributed by atoms with van der Waals surface area (Å²) in [5.74, 6) is -7.64. The van der Waals surface area contributed by atoms with Crippen molar-refractivity contribution in [2.45, 2.75) is 61.4 Å². The van der Waals surface area contributed by atoms with Gasteiger partial charge in [-0.2, -0.15) is 34.8 Å². The highest BCUT2D eigenvalue weighted by Gasteiger charge is 2.83. The van der Waals surface area contributed by atoms with E-state index in [0.717, 1.165) is 43.8 Å². The van der Waals surface area contributed by atoms with Crippen molar-refractivity contribution in [1.29, 1.82) is 0 Å². The summed E-state index contributed by atoms with van der Waals surface area (Å²) in [5.41, 5.74) is 0.877. The number of nitrogens with one attached hydrogen (secondary N) is 1. The summed E-state index contributed by atoms with van der Waals surface area (Å²) in [6, 6.07) is 0. The van der Waals surface area contributed by atoms with E-state index in [0.29, 0.717) is 0 Å². The Kier molecular flexibility index (Phi) is 7.68. The van der Waals surface area contributed by atoms with Gasteiger partial charge in [-0.1, -0.05) is 30.9 Å². The van der Waals surface area contributed by atoms with Crippen LogP contribution in [0.3, 0.4) is 0 Å². The highest BCUT2D eigenvalue weighted by atomic mass is 32.3. The minimum atomic E-state index is -7.10. The van der Waals surface area contributed by atoms with Gasteiger partial charge in [-0.05, 0) is 31.3 Å².